The van der Waals surface area contributed by atoms with Crippen LogP contribution in [-0.2, 0) is 23.9 Å². The molecule has 0 heterocycles. The zero-order valence-corrected chi connectivity index (χ0v) is 25.9. The number of aliphatic hydroxyl groups is 1. The molecular formula is C33H52O6. The zero-order chi connectivity index (χ0) is 29.0. The smallest absolute Gasteiger partial charge is 0.311 e. The molecule has 10 atom stereocenters. The monoisotopic (exact) mass is 544 g/mol. The molecule has 0 spiro atoms. The number of fused-ring (bicyclic) bond motifs is 6. The van der Waals surface area contributed by atoms with E-state index in [1.807, 2.05) is 0 Å². The lowest BCUT2D eigenvalue weighted by atomic mass is 9.40. The maximum absolute atomic E-state index is 14.8. The second kappa shape index (κ2) is 8.55. The molecule has 220 valence electrons. The van der Waals surface area contributed by atoms with Crippen molar-refractivity contribution in [1.82, 2.24) is 0 Å². The molecular weight excluding hydrogens is 492 g/mol. The van der Waals surface area contributed by atoms with Crippen LogP contribution in [-0.4, -0.2) is 41.6 Å². The third-order valence-corrected chi connectivity index (χ3v) is 14.2. The van der Waals surface area contributed by atoms with E-state index >= 15 is 0 Å². The number of hydrogen-bond acceptors (Lipinski definition) is 6. The third kappa shape index (κ3) is 3.57. The number of ether oxygens (including phenoxy) is 2. The summed E-state index contributed by atoms with van der Waals surface area (Å²) in [6, 6.07) is 0. The molecule has 0 saturated heterocycles. The number of methoxy groups -OCH3 is 1. The van der Waals surface area contributed by atoms with Gasteiger partial charge in [-0.25, -0.2) is 0 Å². The van der Waals surface area contributed by atoms with Gasteiger partial charge in [-0.05, 0) is 93.8 Å². The first-order chi connectivity index (χ1) is 17.8. The number of ketones is 1. The van der Waals surface area contributed by atoms with Crippen LogP contribution in [0.2, 0.25) is 0 Å². The summed E-state index contributed by atoms with van der Waals surface area (Å²) in [6.45, 7) is 16.9. The van der Waals surface area contributed by atoms with Crippen molar-refractivity contribution in [3.05, 3.63) is 0 Å². The molecule has 0 bridgehead atoms. The average Bonchev–Trinajstić information content (AvgIpc) is 2.98. The zero-order valence-electron chi connectivity index (χ0n) is 25.9. The molecule has 5 aliphatic rings. The van der Waals surface area contributed by atoms with Gasteiger partial charge in [0.15, 0.2) is 0 Å². The fraction of sp³-hybridized carbons (Fsp3) is 0.909. The first-order valence-electron chi connectivity index (χ1n) is 15.4. The van der Waals surface area contributed by atoms with Gasteiger partial charge in [-0.1, -0.05) is 41.5 Å². The molecule has 6 nitrogen and oxygen atoms in total. The van der Waals surface area contributed by atoms with Crippen molar-refractivity contribution >= 4 is 17.7 Å². The van der Waals surface area contributed by atoms with Crippen molar-refractivity contribution in [3.8, 4) is 0 Å². The largest absolute Gasteiger partial charge is 0.469 e. The topological polar surface area (TPSA) is 89.9 Å². The molecule has 5 aliphatic carbocycles. The van der Waals surface area contributed by atoms with Crippen LogP contribution in [0, 0.1) is 50.2 Å². The minimum atomic E-state index is -1.09. The number of Topliss-reactive ketones (excluding diaryl/α,β-unsaturated/α-hetero) is 1. The van der Waals surface area contributed by atoms with Crippen LogP contribution in [0.4, 0.5) is 0 Å². The quantitative estimate of drug-likeness (QED) is 0.412. The van der Waals surface area contributed by atoms with E-state index in [9.17, 15) is 19.5 Å². The van der Waals surface area contributed by atoms with Crippen molar-refractivity contribution in [2.45, 2.75) is 131 Å². The molecule has 0 aromatic carbocycles. The van der Waals surface area contributed by atoms with Gasteiger partial charge in [-0.15, -0.1) is 0 Å². The van der Waals surface area contributed by atoms with Crippen LogP contribution in [0.15, 0.2) is 0 Å². The summed E-state index contributed by atoms with van der Waals surface area (Å²) < 4.78 is 11.1. The highest BCUT2D eigenvalue weighted by Crippen LogP contribution is 2.77. The molecule has 5 saturated carbocycles. The molecule has 0 amide bonds. The molecule has 6 heteroatoms. The molecule has 5 fully saturated rings. The first-order valence-corrected chi connectivity index (χ1v) is 15.4. The Bertz CT molecular complexity index is 1080. The van der Waals surface area contributed by atoms with E-state index in [2.05, 4.69) is 48.5 Å². The third-order valence-electron chi connectivity index (χ3n) is 14.2. The van der Waals surface area contributed by atoms with Gasteiger partial charge in [-0.2, -0.15) is 0 Å². The van der Waals surface area contributed by atoms with Gasteiger partial charge < -0.3 is 14.6 Å². The van der Waals surface area contributed by atoms with E-state index in [0.717, 1.165) is 38.5 Å². The van der Waals surface area contributed by atoms with Gasteiger partial charge in [0.25, 0.3) is 0 Å². The minimum Gasteiger partial charge on any atom is -0.469 e. The number of hydrogen-bond donors (Lipinski definition) is 1. The van der Waals surface area contributed by atoms with Crippen LogP contribution >= 0.6 is 0 Å². The van der Waals surface area contributed by atoms with Crippen LogP contribution in [0.3, 0.4) is 0 Å². The Morgan fingerprint density at radius 1 is 0.846 bits per heavy atom. The molecule has 1 N–H and O–H groups in total. The summed E-state index contributed by atoms with van der Waals surface area (Å²) in [5.41, 5.74) is -3.15. The Morgan fingerprint density at radius 2 is 1.49 bits per heavy atom. The van der Waals surface area contributed by atoms with E-state index in [1.165, 1.54) is 14.0 Å². The van der Waals surface area contributed by atoms with Gasteiger partial charge in [0.1, 0.15) is 11.9 Å². The van der Waals surface area contributed by atoms with Crippen molar-refractivity contribution < 1.29 is 29.0 Å². The van der Waals surface area contributed by atoms with E-state index in [1.54, 1.807) is 0 Å². The van der Waals surface area contributed by atoms with Crippen LogP contribution in [0.5, 0.6) is 0 Å². The highest BCUT2D eigenvalue weighted by molar-refractivity contribution is 5.89. The second-order valence-electron chi connectivity index (χ2n) is 16.2. The van der Waals surface area contributed by atoms with Crippen molar-refractivity contribution in [1.29, 1.82) is 0 Å². The predicted octanol–water partition coefficient (Wildman–Crippen LogP) is 6.27. The van der Waals surface area contributed by atoms with Crippen LogP contribution < -0.4 is 0 Å². The lowest BCUT2D eigenvalue weighted by molar-refractivity contribution is -0.202. The summed E-state index contributed by atoms with van der Waals surface area (Å²) in [6.07, 6.45) is 7.57. The maximum Gasteiger partial charge on any atom is 0.311 e. The number of carbonyl (C=O) groups excluding carboxylic acids is 3. The van der Waals surface area contributed by atoms with Gasteiger partial charge in [0, 0.05) is 29.1 Å². The lowest BCUT2D eigenvalue weighted by Crippen LogP contribution is -2.61. The summed E-state index contributed by atoms with van der Waals surface area (Å²) in [5.74, 6) is -0.350. The Labute approximate surface area is 235 Å². The Kier molecular flexibility index (Phi) is 6.37. The lowest BCUT2D eigenvalue weighted by Gasteiger charge is -2.64. The maximum atomic E-state index is 14.8. The summed E-state index contributed by atoms with van der Waals surface area (Å²) in [5, 5.41) is 12.9. The summed E-state index contributed by atoms with van der Waals surface area (Å²) in [4.78, 5) is 39.7. The first kappa shape index (κ1) is 29.1. The van der Waals surface area contributed by atoms with Gasteiger partial charge in [-0.3, -0.25) is 14.4 Å². The fourth-order valence-electron chi connectivity index (χ4n) is 11.5. The molecule has 39 heavy (non-hydrogen) atoms. The molecule has 0 radical (unpaired) electrons. The predicted molar refractivity (Wildman–Crippen MR) is 148 cm³/mol. The number of esters is 2. The van der Waals surface area contributed by atoms with Crippen molar-refractivity contribution in [2.24, 2.45) is 50.2 Å². The van der Waals surface area contributed by atoms with Crippen LogP contribution in [0.1, 0.15) is 120 Å². The van der Waals surface area contributed by atoms with E-state index in [0.29, 0.717) is 25.7 Å². The SMILES string of the molecule is COC(=O)[C@]1(C)CC[C@]2(C)CC[C@@]3(C)[C@@](C)(C[C@@H]4C(=O)[C@@]5(C)CC[C@H](OC(C)=O)C(C)(C)[C@@H]5CC[C@@]43O)[C@@H]2C1. The van der Waals surface area contributed by atoms with Crippen molar-refractivity contribution in [3.63, 3.8) is 0 Å². The molecule has 0 aromatic heterocycles. The summed E-state index contributed by atoms with van der Waals surface area (Å²) in [7, 11) is 1.48. The summed E-state index contributed by atoms with van der Waals surface area (Å²) >= 11 is 0. The molecule has 0 aromatic rings. The Balaban J connectivity index is 1.55. The average molecular weight is 545 g/mol. The van der Waals surface area contributed by atoms with E-state index in [4.69, 9.17) is 9.47 Å². The highest BCUT2D eigenvalue weighted by atomic mass is 16.5. The highest BCUT2D eigenvalue weighted by Gasteiger charge is 2.76. The van der Waals surface area contributed by atoms with Crippen LogP contribution in [0.25, 0.3) is 0 Å². The molecule has 0 unspecified atom stereocenters. The Hall–Kier alpha value is -1.43. The van der Waals surface area contributed by atoms with Gasteiger partial charge in [0.05, 0.1) is 18.1 Å². The second-order valence-corrected chi connectivity index (χ2v) is 16.2. The van der Waals surface area contributed by atoms with Gasteiger partial charge >= 0.3 is 11.9 Å². The van der Waals surface area contributed by atoms with E-state index < -0.39 is 27.8 Å². The number of rotatable bonds is 2. The standard InChI is InChI=1S/C33H52O6/c1-20(34)39-24-11-12-30(6)22(27(24,2)3)10-13-33(37)21(25(30)35)18-31(7)23-19-29(5,26(36)38-9)15-14-28(23,4)16-17-32(31,33)8/h21-24,37H,10-19H2,1-9H3/t21-,22+,23-,24+,28-,29-,30+,31+,32+,33-/m1/s1. The normalized spacial score (nSPS) is 52.4. The van der Waals surface area contributed by atoms with E-state index in [-0.39, 0.29) is 51.9 Å². The Morgan fingerprint density at radius 3 is 2.10 bits per heavy atom. The fourth-order valence-corrected chi connectivity index (χ4v) is 11.5. The molecule has 5 rings (SSSR count). The number of carbonyl (C=O) groups is 3. The minimum absolute atomic E-state index is 0.0336. The van der Waals surface area contributed by atoms with Gasteiger partial charge in [0.2, 0.25) is 0 Å². The molecule has 0 aliphatic heterocycles. The van der Waals surface area contributed by atoms with Crippen molar-refractivity contribution in [2.75, 3.05) is 7.11 Å².